The third-order valence-corrected chi connectivity index (χ3v) is 11.2. The number of rotatable bonds is 37. The summed E-state index contributed by atoms with van der Waals surface area (Å²) in [5.41, 5.74) is 2.59. The Labute approximate surface area is 368 Å². The Balaban J connectivity index is 2.44. The fourth-order valence-electron chi connectivity index (χ4n) is 6.32. The summed E-state index contributed by atoms with van der Waals surface area (Å²) in [5.74, 6) is 1.15. The summed E-state index contributed by atoms with van der Waals surface area (Å²) in [5, 5.41) is 20.8. The topological polar surface area (TPSA) is 162 Å². The number of carbonyl (C=O) groups excluding carboxylic acids is 2. The van der Waals surface area contributed by atoms with Gasteiger partial charge in [-0.05, 0) is 89.2 Å². The van der Waals surface area contributed by atoms with Crippen LogP contribution >= 0.6 is 7.82 Å². The minimum absolute atomic E-state index is 0.0229. The Morgan fingerprint density at radius 1 is 0.689 bits per heavy atom. The molecule has 350 valence electrons. The fourth-order valence-corrected chi connectivity index (χ4v) is 7.07. The lowest BCUT2D eigenvalue weighted by molar-refractivity contribution is -0.870. The maximum absolute atomic E-state index is 12.8. The number of phosphoric ester groups is 1. The molecule has 4 atom stereocenters. The number of esters is 2. The van der Waals surface area contributed by atoms with Crippen molar-refractivity contribution in [2.24, 2.45) is 0 Å². The number of aliphatic hydroxyl groups is 2. The van der Waals surface area contributed by atoms with Crippen molar-refractivity contribution in [1.29, 1.82) is 0 Å². The number of hydrogen-bond acceptors (Lipinski definition) is 10. The van der Waals surface area contributed by atoms with Gasteiger partial charge in [-0.3, -0.25) is 18.6 Å². The summed E-state index contributed by atoms with van der Waals surface area (Å²) >= 11 is 0. The maximum atomic E-state index is 12.8. The minimum Gasteiger partial charge on any atom is -0.466 e. The molecule has 0 saturated carbocycles. The van der Waals surface area contributed by atoms with Crippen molar-refractivity contribution in [3.05, 3.63) is 71.3 Å². The molecule has 0 aromatic carbocycles. The molecule has 1 unspecified atom stereocenters. The Kier molecular flexibility index (Phi) is 31.0. The van der Waals surface area contributed by atoms with E-state index in [0.717, 1.165) is 101 Å². The van der Waals surface area contributed by atoms with Crippen molar-refractivity contribution in [3.8, 4) is 0 Å². The molecule has 3 N–H and O–H groups in total. The van der Waals surface area contributed by atoms with Crippen LogP contribution in [0.15, 0.2) is 53.0 Å². The van der Waals surface area contributed by atoms with Gasteiger partial charge >= 0.3 is 19.8 Å². The zero-order valence-corrected chi connectivity index (χ0v) is 39.7. The minimum atomic E-state index is -4.46. The molecule has 61 heavy (non-hydrogen) atoms. The van der Waals surface area contributed by atoms with Crippen molar-refractivity contribution in [1.82, 2.24) is 0 Å². The Morgan fingerprint density at radius 2 is 1.23 bits per heavy atom. The van der Waals surface area contributed by atoms with Crippen LogP contribution in [0.5, 0.6) is 0 Å². The Hall–Kier alpha value is -2.83. The quantitative estimate of drug-likeness (QED) is 0.0192. The molecule has 0 aliphatic heterocycles. The van der Waals surface area contributed by atoms with E-state index in [4.69, 9.17) is 22.9 Å². The summed E-state index contributed by atoms with van der Waals surface area (Å²) in [6.07, 6.45) is 29.0. The zero-order chi connectivity index (χ0) is 45.4. The van der Waals surface area contributed by atoms with E-state index in [1.165, 1.54) is 11.1 Å². The first-order valence-electron chi connectivity index (χ1n) is 22.9. The van der Waals surface area contributed by atoms with Gasteiger partial charge in [0.1, 0.15) is 31.3 Å². The first kappa shape index (κ1) is 56.2. The average Bonchev–Trinajstić information content (AvgIpc) is 3.46. The molecule has 1 heterocycles. The number of furan rings is 1. The van der Waals surface area contributed by atoms with Gasteiger partial charge in [-0.1, -0.05) is 101 Å². The number of hydrogen-bond donors (Lipinski definition) is 3. The van der Waals surface area contributed by atoms with Gasteiger partial charge in [0.2, 0.25) is 0 Å². The van der Waals surface area contributed by atoms with E-state index in [0.29, 0.717) is 17.4 Å². The van der Waals surface area contributed by atoms with Crippen LogP contribution in [0.3, 0.4) is 0 Å². The number of phosphoric acid groups is 1. The van der Waals surface area contributed by atoms with Crippen LogP contribution in [0.1, 0.15) is 152 Å². The molecule has 0 spiro atoms. The second kappa shape index (κ2) is 33.7. The Morgan fingerprint density at radius 3 is 1.82 bits per heavy atom. The third-order valence-electron chi connectivity index (χ3n) is 10.2. The highest BCUT2D eigenvalue weighted by atomic mass is 31.2. The van der Waals surface area contributed by atoms with Gasteiger partial charge in [-0.25, -0.2) is 4.57 Å². The number of ether oxygens (including phenoxy) is 2. The molecular formula is C48H83NO11P+. The number of allylic oxidation sites excluding steroid dienone is 7. The van der Waals surface area contributed by atoms with Crippen molar-refractivity contribution >= 4 is 19.8 Å². The fraction of sp³-hybridized carbons (Fsp3) is 0.708. The van der Waals surface area contributed by atoms with Gasteiger partial charge in [0.25, 0.3) is 0 Å². The second-order valence-corrected chi connectivity index (χ2v) is 18.4. The third kappa shape index (κ3) is 30.0. The number of carbonyl (C=O) groups is 2. The molecule has 0 amide bonds. The number of nitrogens with zero attached hydrogens (tertiary/aromatic N) is 1. The lowest BCUT2D eigenvalue weighted by atomic mass is 10.0. The van der Waals surface area contributed by atoms with Gasteiger partial charge < -0.3 is 33.5 Å². The molecule has 0 saturated heterocycles. The van der Waals surface area contributed by atoms with E-state index in [9.17, 15) is 29.3 Å². The van der Waals surface area contributed by atoms with E-state index >= 15 is 0 Å². The van der Waals surface area contributed by atoms with Crippen LogP contribution in [0.25, 0.3) is 0 Å². The highest BCUT2D eigenvalue weighted by Crippen LogP contribution is 2.43. The van der Waals surface area contributed by atoms with Gasteiger partial charge in [0.05, 0.1) is 40.0 Å². The lowest BCUT2D eigenvalue weighted by Gasteiger charge is -2.24. The number of quaternary nitrogens is 1. The lowest BCUT2D eigenvalue weighted by Crippen LogP contribution is -2.37. The van der Waals surface area contributed by atoms with Crippen molar-refractivity contribution in [3.63, 3.8) is 0 Å². The van der Waals surface area contributed by atoms with Gasteiger partial charge in [-0.2, -0.15) is 0 Å². The van der Waals surface area contributed by atoms with E-state index < -0.39 is 44.7 Å². The van der Waals surface area contributed by atoms with Crippen LogP contribution in [0, 0.1) is 13.8 Å². The molecule has 12 nitrogen and oxygen atoms in total. The van der Waals surface area contributed by atoms with Gasteiger partial charge in [0.15, 0.2) is 6.10 Å². The smallest absolute Gasteiger partial charge is 0.466 e. The molecule has 1 rings (SSSR count). The normalized spacial score (nSPS) is 15.0. The van der Waals surface area contributed by atoms with Crippen LogP contribution in [-0.2, 0) is 45.5 Å². The van der Waals surface area contributed by atoms with Gasteiger partial charge in [-0.15, -0.1) is 0 Å². The number of aliphatic hydroxyl groups excluding tert-OH is 2. The number of likely N-dealkylation sites (N-methyl/N-ethyl adjacent to an activating group) is 1. The number of aryl methyl sites for hydroxylation is 2. The Bertz CT molecular complexity index is 1490. The highest BCUT2D eigenvalue weighted by Gasteiger charge is 2.27. The molecule has 0 aliphatic rings. The molecule has 13 heteroatoms. The van der Waals surface area contributed by atoms with Crippen LogP contribution < -0.4 is 0 Å². The molecule has 0 bridgehead atoms. The van der Waals surface area contributed by atoms with E-state index in [1.54, 1.807) is 0 Å². The molecule has 0 aliphatic carbocycles. The van der Waals surface area contributed by atoms with E-state index in [-0.39, 0.29) is 45.3 Å². The number of unbranched alkanes of at least 4 members (excludes halogenated alkanes) is 7. The summed E-state index contributed by atoms with van der Waals surface area (Å²) in [7, 11) is 1.29. The summed E-state index contributed by atoms with van der Waals surface area (Å²) in [6, 6.07) is 0. The molecule has 0 fully saturated rings. The summed E-state index contributed by atoms with van der Waals surface area (Å²) in [4.78, 5) is 35.6. The maximum Gasteiger partial charge on any atom is 0.472 e. The summed E-state index contributed by atoms with van der Waals surface area (Å²) in [6.45, 7) is 8.16. The van der Waals surface area contributed by atoms with Crippen molar-refractivity contribution in [2.75, 3.05) is 47.5 Å². The predicted molar refractivity (Wildman–Crippen MR) is 244 cm³/mol. The van der Waals surface area contributed by atoms with Crippen LogP contribution in [-0.4, -0.2) is 97.3 Å². The van der Waals surface area contributed by atoms with Crippen LogP contribution in [0.2, 0.25) is 0 Å². The van der Waals surface area contributed by atoms with Crippen LogP contribution in [0.4, 0.5) is 0 Å². The SMILES string of the molecule is CC/C=C\C/C=C\C/C=C\C/C=C\C[C@H](O)[C@@H](O)CCCC(=O)OC[C@H](COP(=O)(O)OCC[N+](C)(C)C)OC(=O)CCCCCCCCCCc1oc(CCC)c(C)c1C. The van der Waals surface area contributed by atoms with Gasteiger partial charge in [0, 0.05) is 25.7 Å². The standard InChI is InChI=1S/C48H82NO11P/c1-8-10-11-12-13-14-15-16-17-20-23-26-31-43(50)44(51)32-29-35-47(52)56-38-42(39-58-61(54,55)57-37-36-49(5,6)7)59-48(53)34-28-25-22-19-18-21-24-27-33-46-41(4)40(3)45(60-46)30-9-2/h10-11,13-14,16-17,23,26,42-44,50-51H,8-9,12,15,18-22,24-25,27-39H2,1-7H3/p+1/b11-10-,14-13-,17-16-,26-23-/t42-,43+,44+/m1/s1. The summed E-state index contributed by atoms with van der Waals surface area (Å²) < 4.78 is 40.3. The van der Waals surface area contributed by atoms with Crippen molar-refractivity contribution in [2.45, 2.75) is 174 Å². The predicted octanol–water partition coefficient (Wildman–Crippen LogP) is 10.3. The highest BCUT2D eigenvalue weighted by molar-refractivity contribution is 7.47. The molecule has 1 aromatic rings. The van der Waals surface area contributed by atoms with E-state index in [2.05, 4.69) is 64.2 Å². The second-order valence-electron chi connectivity index (χ2n) is 16.9. The largest absolute Gasteiger partial charge is 0.472 e. The van der Waals surface area contributed by atoms with E-state index in [1.807, 2.05) is 33.3 Å². The molecule has 0 radical (unpaired) electrons. The average molecular weight is 881 g/mol. The first-order valence-corrected chi connectivity index (χ1v) is 24.4. The van der Waals surface area contributed by atoms with Crippen molar-refractivity contribution < 1.29 is 56.7 Å². The zero-order valence-electron chi connectivity index (χ0n) is 38.8. The monoisotopic (exact) mass is 881 g/mol. The first-order chi connectivity index (χ1) is 29.1. The molecular weight excluding hydrogens is 797 g/mol. The molecule has 1 aromatic heterocycles.